The van der Waals surface area contributed by atoms with E-state index in [0.29, 0.717) is 42.9 Å². The summed E-state index contributed by atoms with van der Waals surface area (Å²) in [5.41, 5.74) is -0.673. The Hall–Kier alpha value is -2.67. The van der Waals surface area contributed by atoms with Gasteiger partial charge in [0.25, 0.3) is 0 Å². The van der Waals surface area contributed by atoms with Crippen LogP contribution in [0.25, 0.3) is 11.3 Å². The van der Waals surface area contributed by atoms with Crippen LogP contribution in [0.2, 0.25) is 0 Å². The summed E-state index contributed by atoms with van der Waals surface area (Å²) in [5, 5.41) is 9.60. The Morgan fingerprint density at radius 2 is 2.07 bits per heavy atom. The van der Waals surface area contributed by atoms with Crippen LogP contribution in [0.3, 0.4) is 0 Å². The summed E-state index contributed by atoms with van der Waals surface area (Å²) in [5.74, 6) is -0.415. The number of piperidine rings is 1. The monoisotopic (exact) mass is 389 g/mol. The molecule has 0 spiro atoms. The van der Waals surface area contributed by atoms with Crippen LogP contribution in [0.15, 0.2) is 40.8 Å². The third kappa shape index (κ3) is 4.25. The van der Waals surface area contributed by atoms with Crippen LogP contribution in [0.1, 0.15) is 25.0 Å². The molecule has 0 saturated carbocycles. The number of nitrogens with zero attached hydrogens (tertiary/aromatic N) is 1. The number of furan rings is 1. The average molecular weight is 389 g/mol. The van der Waals surface area contributed by atoms with Gasteiger partial charge in [0, 0.05) is 33.0 Å². The highest BCUT2D eigenvalue weighted by Crippen LogP contribution is 2.31. The third-order valence-corrected chi connectivity index (χ3v) is 5.19. The van der Waals surface area contributed by atoms with Gasteiger partial charge in [0.15, 0.2) is 0 Å². The summed E-state index contributed by atoms with van der Waals surface area (Å²) in [6.07, 6.45) is 1.69. The largest absolute Gasteiger partial charge is 0.481 e. The number of likely N-dealkylation sites (tertiary alicyclic amines) is 1. The van der Waals surface area contributed by atoms with Crippen LogP contribution < -0.4 is 0 Å². The van der Waals surface area contributed by atoms with Gasteiger partial charge in [-0.05, 0) is 37.1 Å². The molecule has 1 atom stereocenters. The number of carbonyl (C=O) groups excluding carboxylic acids is 1. The first kappa shape index (κ1) is 20.1. The molecule has 1 saturated heterocycles. The fourth-order valence-corrected chi connectivity index (χ4v) is 3.68. The van der Waals surface area contributed by atoms with Crippen LogP contribution in [0.4, 0.5) is 4.39 Å². The molecule has 6 nitrogen and oxygen atoms in total. The number of halogens is 1. The molecule has 1 aromatic heterocycles. The molecule has 1 amide bonds. The van der Waals surface area contributed by atoms with Crippen molar-refractivity contribution in [3.63, 3.8) is 0 Å². The Morgan fingerprint density at radius 1 is 1.29 bits per heavy atom. The number of benzene rings is 1. The molecule has 1 N–H and O–H groups in total. The predicted octanol–water partition coefficient (Wildman–Crippen LogP) is 3.36. The van der Waals surface area contributed by atoms with E-state index in [1.165, 1.54) is 13.2 Å². The quantitative estimate of drug-likeness (QED) is 0.785. The number of hydrogen-bond acceptors (Lipinski definition) is 4. The zero-order valence-corrected chi connectivity index (χ0v) is 15.8. The van der Waals surface area contributed by atoms with Crippen LogP contribution in [0, 0.1) is 11.2 Å². The van der Waals surface area contributed by atoms with Gasteiger partial charge < -0.3 is 19.2 Å². The number of aliphatic carboxylic acids is 1. The van der Waals surface area contributed by atoms with Gasteiger partial charge in [0.2, 0.25) is 5.91 Å². The van der Waals surface area contributed by atoms with E-state index in [1.54, 1.807) is 35.2 Å². The van der Waals surface area contributed by atoms with Gasteiger partial charge >= 0.3 is 5.97 Å². The number of carbonyl (C=O) groups is 2. The lowest BCUT2D eigenvalue weighted by atomic mass is 9.80. The van der Waals surface area contributed by atoms with Crippen molar-refractivity contribution in [1.82, 2.24) is 4.90 Å². The summed E-state index contributed by atoms with van der Waals surface area (Å²) in [4.78, 5) is 25.9. The van der Waals surface area contributed by atoms with Crippen molar-refractivity contribution in [2.75, 3.05) is 26.8 Å². The minimum absolute atomic E-state index is 0.0797. The highest BCUT2D eigenvalue weighted by Gasteiger charge is 2.43. The molecule has 3 rings (SSSR count). The van der Waals surface area contributed by atoms with Crippen molar-refractivity contribution in [3.05, 3.63) is 48.0 Å². The second-order valence-corrected chi connectivity index (χ2v) is 7.18. The number of rotatable bonds is 7. The molecule has 1 fully saturated rings. The molecule has 1 aliphatic heterocycles. The smallest absolute Gasteiger partial charge is 0.313 e. The fourth-order valence-electron chi connectivity index (χ4n) is 3.68. The second-order valence-electron chi connectivity index (χ2n) is 7.18. The van der Waals surface area contributed by atoms with E-state index >= 15 is 0 Å². The van der Waals surface area contributed by atoms with Gasteiger partial charge in [0.05, 0.1) is 12.2 Å². The van der Waals surface area contributed by atoms with Crippen LogP contribution in [-0.4, -0.2) is 48.7 Å². The number of carboxylic acid groups (broad SMARTS) is 1. The molecule has 150 valence electrons. The molecule has 0 aliphatic carbocycles. The lowest BCUT2D eigenvalue weighted by molar-refractivity contribution is -0.159. The Morgan fingerprint density at radius 3 is 2.79 bits per heavy atom. The minimum atomic E-state index is -1.05. The Bertz CT molecular complexity index is 845. The normalized spacial score (nSPS) is 19.6. The number of ether oxygens (including phenoxy) is 1. The molecule has 2 heterocycles. The first-order valence-electron chi connectivity index (χ1n) is 9.29. The van der Waals surface area contributed by atoms with Crippen molar-refractivity contribution in [2.24, 2.45) is 5.41 Å². The van der Waals surface area contributed by atoms with E-state index in [-0.39, 0.29) is 31.3 Å². The van der Waals surface area contributed by atoms with E-state index in [9.17, 15) is 19.1 Å². The standard InChI is InChI=1S/C21H24FNO5/c1-27-14-21(20(25)26)11-4-12-23(13-21)19(24)10-8-15-7-9-18(28-15)16-5-2-3-6-17(16)22/h2-3,5-7,9H,4,8,10-14H2,1H3,(H,25,26). The zero-order chi connectivity index (χ0) is 20.1. The molecule has 28 heavy (non-hydrogen) atoms. The molecule has 1 aromatic carbocycles. The summed E-state index contributed by atoms with van der Waals surface area (Å²) < 4.78 is 24.6. The Labute approximate surface area is 162 Å². The number of aryl methyl sites for hydroxylation is 1. The van der Waals surface area contributed by atoms with E-state index in [1.807, 2.05) is 0 Å². The second kappa shape index (κ2) is 8.56. The topological polar surface area (TPSA) is 80.0 Å². The molecular weight excluding hydrogens is 365 g/mol. The van der Waals surface area contributed by atoms with Crippen LogP contribution in [0.5, 0.6) is 0 Å². The third-order valence-electron chi connectivity index (χ3n) is 5.19. The summed E-state index contributed by atoms with van der Waals surface area (Å²) in [6.45, 7) is 0.764. The minimum Gasteiger partial charge on any atom is -0.481 e. The highest BCUT2D eigenvalue weighted by atomic mass is 19.1. The lowest BCUT2D eigenvalue weighted by Gasteiger charge is -2.39. The number of amides is 1. The number of hydrogen-bond donors (Lipinski definition) is 1. The van der Waals surface area contributed by atoms with Gasteiger partial charge in [-0.1, -0.05) is 12.1 Å². The molecule has 1 unspecified atom stereocenters. The van der Waals surface area contributed by atoms with E-state index < -0.39 is 11.4 Å². The van der Waals surface area contributed by atoms with Gasteiger partial charge in [-0.2, -0.15) is 0 Å². The molecule has 7 heteroatoms. The Balaban J connectivity index is 1.61. The molecule has 0 bridgehead atoms. The average Bonchev–Trinajstić information content (AvgIpc) is 3.15. The van der Waals surface area contributed by atoms with Crippen molar-refractivity contribution in [2.45, 2.75) is 25.7 Å². The van der Waals surface area contributed by atoms with Crippen molar-refractivity contribution in [1.29, 1.82) is 0 Å². The van der Waals surface area contributed by atoms with E-state index in [2.05, 4.69) is 0 Å². The number of methoxy groups -OCH3 is 1. The SMILES string of the molecule is COCC1(C(=O)O)CCCN(C(=O)CCc2ccc(-c3ccccc3F)o2)C1. The molecule has 0 radical (unpaired) electrons. The van der Waals surface area contributed by atoms with Crippen LogP contribution in [-0.2, 0) is 20.7 Å². The first-order valence-corrected chi connectivity index (χ1v) is 9.29. The van der Waals surface area contributed by atoms with Crippen LogP contribution >= 0.6 is 0 Å². The summed E-state index contributed by atoms with van der Waals surface area (Å²) >= 11 is 0. The highest BCUT2D eigenvalue weighted by molar-refractivity contribution is 5.80. The van der Waals surface area contributed by atoms with E-state index in [4.69, 9.17) is 9.15 Å². The maximum Gasteiger partial charge on any atom is 0.313 e. The summed E-state index contributed by atoms with van der Waals surface area (Å²) in [7, 11) is 1.47. The van der Waals surface area contributed by atoms with Gasteiger partial charge in [0.1, 0.15) is 22.8 Å². The van der Waals surface area contributed by atoms with Gasteiger partial charge in [-0.15, -0.1) is 0 Å². The van der Waals surface area contributed by atoms with Crippen molar-refractivity contribution >= 4 is 11.9 Å². The lowest BCUT2D eigenvalue weighted by Crippen LogP contribution is -2.52. The van der Waals surface area contributed by atoms with E-state index in [0.717, 1.165) is 0 Å². The predicted molar refractivity (Wildman–Crippen MR) is 100 cm³/mol. The van der Waals surface area contributed by atoms with Gasteiger partial charge in [-0.3, -0.25) is 9.59 Å². The number of carboxylic acids is 1. The van der Waals surface area contributed by atoms with Gasteiger partial charge in [-0.25, -0.2) is 4.39 Å². The zero-order valence-electron chi connectivity index (χ0n) is 15.8. The molecule has 2 aromatic rings. The van der Waals surface area contributed by atoms with Crippen molar-refractivity contribution in [3.8, 4) is 11.3 Å². The van der Waals surface area contributed by atoms with Crippen molar-refractivity contribution < 1.29 is 28.2 Å². The first-order chi connectivity index (χ1) is 13.4. The molecule has 1 aliphatic rings. The fraction of sp³-hybridized carbons (Fsp3) is 0.429. The maximum atomic E-state index is 13.9. The Kier molecular flexibility index (Phi) is 6.14. The summed E-state index contributed by atoms with van der Waals surface area (Å²) in [6, 6.07) is 9.77. The molecular formula is C21H24FNO5. The maximum absolute atomic E-state index is 13.9.